The SMILES string of the molecule is CN1N=C(c2ccc(OCCCCC3CCCC4=NS(=O)CCN43)cc2)CCC1=O. The molecule has 0 radical (unpaired) electrons. The molecule has 4 rings (SSSR count). The van der Waals surface area contributed by atoms with Gasteiger partial charge in [0, 0.05) is 38.9 Å². The van der Waals surface area contributed by atoms with Crippen LogP contribution >= 0.6 is 0 Å². The van der Waals surface area contributed by atoms with Gasteiger partial charge >= 0.3 is 0 Å². The first-order valence-electron chi connectivity index (χ1n) is 10.9. The third kappa shape index (κ3) is 5.09. The van der Waals surface area contributed by atoms with Crippen molar-refractivity contribution in [1.29, 1.82) is 0 Å². The van der Waals surface area contributed by atoms with E-state index < -0.39 is 11.0 Å². The van der Waals surface area contributed by atoms with Crippen molar-refractivity contribution in [2.24, 2.45) is 9.50 Å². The molecule has 2 atom stereocenters. The van der Waals surface area contributed by atoms with E-state index in [9.17, 15) is 9.00 Å². The molecule has 8 heteroatoms. The molecule has 7 nitrogen and oxygen atoms in total. The van der Waals surface area contributed by atoms with Crippen molar-refractivity contribution in [3.63, 3.8) is 0 Å². The van der Waals surface area contributed by atoms with E-state index in [1.54, 1.807) is 7.05 Å². The van der Waals surface area contributed by atoms with Crippen molar-refractivity contribution in [3.05, 3.63) is 29.8 Å². The van der Waals surface area contributed by atoms with E-state index in [1.807, 2.05) is 24.3 Å². The zero-order valence-electron chi connectivity index (χ0n) is 17.6. The monoisotopic (exact) mass is 430 g/mol. The normalized spacial score (nSPS) is 24.2. The van der Waals surface area contributed by atoms with Gasteiger partial charge in [0.2, 0.25) is 5.91 Å². The predicted octanol–water partition coefficient (Wildman–Crippen LogP) is 3.12. The van der Waals surface area contributed by atoms with Crippen LogP contribution in [-0.4, -0.2) is 63.6 Å². The molecule has 2 unspecified atom stereocenters. The fraction of sp³-hybridized carbons (Fsp3) is 0.591. The lowest BCUT2D eigenvalue weighted by Crippen LogP contribution is -2.47. The summed E-state index contributed by atoms with van der Waals surface area (Å²) in [7, 11) is 0.692. The van der Waals surface area contributed by atoms with Crippen molar-refractivity contribution < 1.29 is 13.7 Å². The number of ether oxygens (including phenoxy) is 1. The van der Waals surface area contributed by atoms with Crippen LogP contribution in [0.15, 0.2) is 33.8 Å². The van der Waals surface area contributed by atoms with Crippen LogP contribution in [0.1, 0.15) is 56.9 Å². The Hall–Kier alpha value is -2.22. The number of hydrazone groups is 1. The van der Waals surface area contributed by atoms with E-state index in [0.717, 1.165) is 61.5 Å². The third-order valence-corrected chi connectivity index (χ3v) is 6.97. The Balaban J connectivity index is 1.20. The number of nitrogens with zero attached hydrogens (tertiary/aromatic N) is 4. The van der Waals surface area contributed by atoms with Gasteiger partial charge in [0.15, 0.2) is 0 Å². The lowest BCUT2D eigenvalue weighted by molar-refractivity contribution is -0.130. The summed E-state index contributed by atoms with van der Waals surface area (Å²) in [6.07, 6.45) is 7.80. The second-order valence-corrected chi connectivity index (χ2v) is 9.34. The Morgan fingerprint density at radius 2 is 2.00 bits per heavy atom. The van der Waals surface area contributed by atoms with Gasteiger partial charge in [-0.3, -0.25) is 4.79 Å². The minimum atomic E-state index is -1.01. The highest BCUT2D eigenvalue weighted by molar-refractivity contribution is 7.83. The summed E-state index contributed by atoms with van der Waals surface area (Å²) in [5.41, 5.74) is 1.99. The second kappa shape index (κ2) is 9.73. The van der Waals surface area contributed by atoms with Gasteiger partial charge in [-0.1, -0.05) is 0 Å². The Labute approximate surface area is 180 Å². The number of fused-ring (bicyclic) bond motifs is 1. The third-order valence-electron chi connectivity index (χ3n) is 6.02. The Bertz CT molecular complexity index is 852. The predicted molar refractivity (Wildman–Crippen MR) is 119 cm³/mol. The van der Waals surface area contributed by atoms with E-state index in [-0.39, 0.29) is 5.91 Å². The highest BCUT2D eigenvalue weighted by atomic mass is 32.2. The summed E-state index contributed by atoms with van der Waals surface area (Å²) < 4.78 is 21.9. The molecule has 0 N–H and O–H groups in total. The minimum absolute atomic E-state index is 0.0608. The lowest BCUT2D eigenvalue weighted by atomic mass is 9.96. The van der Waals surface area contributed by atoms with Crippen LogP contribution in [0.25, 0.3) is 0 Å². The van der Waals surface area contributed by atoms with E-state index in [2.05, 4.69) is 14.4 Å². The average molecular weight is 431 g/mol. The Morgan fingerprint density at radius 1 is 1.17 bits per heavy atom. The van der Waals surface area contributed by atoms with Crippen LogP contribution in [0.2, 0.25) is 0 Å². The number of benzene rings is 1. The highest BCUT2D eigenvalue weighted by Gasteiger charge is 2.29. The molecule has 1 aromatic rings. The summed E-state index contributed by atoms with van der Waals surface area (Å²) in [5, 5.41) is 5.78. The van der Waals surface area contributed by atoms with Crippen LogP contribution in [-0.2, 0) is 15.8 Å². The van der Waals surface area contributed by atoms with E-state index in [0.29, 0.717) is 31.2 Å². The molecule has 30 heavy (non-hydrogen) atoms. The zero-order valence-corrected chi connectivity index (χ0v) is 18.4. The number of amides is 1. The number of hydrogen-bond acceptors (Lipinski definition) is 5. The number of rotatable bonds is 7. The molecule has 1 aromatic carbocycles. The number of amidine groups is 1. The van der Waals surface area contributed by atoms with Crippen molar-refractivity contribution in [2.45, 2.75) is 57.4 Å². The van der Waals surface area contributed by atoms with Gasteiger partial charge in [0.1, 0.15) is 22.6 Å². The zero-order chi connectivity index (χ0) is 20.9. The van der Waals surface area contributed by atoms with Crippen LogP contribution in [0.5, 0.6) is 5.75 Å². The first-order valence-corrected chi connectivity index (χ1v) is 12.2. The maximum Gasteiger partial charge on any atom is 0.242 e. The number of carbonyl (C=O) groups is 1. The van der Waals surface area contributed by atoms with Gasteiger partial charge in [0.05, 0.1) is 18.1 Å². The van der Waals surface area contributed by atoms with Gasteiger partial charge < -0.3 is 9.64 Å². The molecule has 1 fully saturated rings. The van der Waals surface area contributed by atoms with Gasteiger partial charge in [-0.15, -0.1) is 0 Å². The summed E-state index contributed by atoms with van der Waals surface area (Å²) in [6.45, 7) is 1.59. The number of hydrogen-bond donors (Lipinski definition) is 0. The molecule has 3 heterocycles. The van der Waals surface area contributed by atoms with Gasteiger partial charge in [0.25, 0.3) is 0 Å². The molecule has 3 aliphatic heterocycles. The molecular weight excluding hydrogens is 400 g/mol. The van der Waals surface area contributed by atoms with Gasteiger partial charge in [-0.25, -0.2) is 9.22 Å². The molecule has 0 spiro atoms. The summed E-state index contributed by atoms with van der Waals surface area (Å²) >= 11 is 0. The number of piperidine rings is 1. The molecule has 0 aliphatic carbocycles. The topological polar surface area (TPSA) is 74.6 Å². The van der Waals surface area contributed by atoms with Crippen molar-refractivity contribution >= 4 is 28.4 Å². The summed E-state index contributed by atoms with van der Waals surface area (Å²) in [6, 6.07) is 8.52. The number of unbranched alkanes of at least 4 members (excludes halogenated alkanes) is 1. The van der Waals surface area contributed by atoms with E-state index in [1.165, 1.54) is 11.4 Å². The minimum Gasteiger partial charge on any atom is -0.494 e. The quantitative estimate of drug-likeness (QED) is 0.623. The van der Waals surface area contributed by atoms with E-state index in [4.69, 9.17) is 4.74 Å². The molecule has 1 saturated heterocycles. The molecule has 0 saturated carbocycles. The Kier molecular flexibility index (Phi) is 6.82. The van der Waals surface area contributed by atoms with Crippen LogP contribution < -0.4 is 4.74 Å². The van der Waals surface area contributed by atoms with Crippen LogP contribution in [0.3, 0.4) is 0 Å². The Morgan fingerprint density at radius 3 is 2.80 bits per heavy atom. The first kappa shape index (κ1) is 21.0. The van der Waals surface area contributed by atoms with E-state index >= 15 is 0 Å². The average Bonchev–Trinajstić information content (AvgIpc) is 2.76. The lowest BCUT2D eigenvalue weighted by Gasteiger charge is -2.40. The fourth-order valence-corrected chi connectivity index (χ4v) is 5.22. The number of carbonyl (C=O) groups excluding carboxylic acids is 1. The van der Waals surface area contributed by atoms with Crippen molar-refractivity contribution in [3.8, 4) is 5.75 Å². The van der Waals surface area contributed by atoms with Crippen LogP contribution in [0, 0.1) is 0 Å². The maximum absolute atomic E-state index is 11.7. The largest absolute Gasteiger partial charge is 0.494 e. The van der Waals surface area contributed by atoms with Crippen molar-refractivity contribution in [1.82, 2.24) is 9.91 Å². The second-order valence-electron chi connectivity index (χ2n) is 8.11. The fourth-order valence-electron chi connectivity index (χ4n) is 4.35. The van der Waals surface area contributed by atoms with Crippen LogP contribution in [0.4, 0.5) is 0 Å². The maximum atomic E-state index is 11.7. The molecule has 162 valence electrons. The molecule has 3 aliphatic rings. The van der Waals surface area contributed by atoms with Crippen molar-refractivity contribution in [2.75, 3.05) is 26.0 Å². The molecule has 1 amide bonds. The molecule has 0 aromatic heterocycles. The highest BCUT2D eigenvalue weighted by Crippen LogP contribution is 2.25. The smallest absolute Gasteiger partial charge is 0.242 e. The van der Waals surface area contributed by atoms with Gasteiger partial charge in [-0.05, 0) is 61.9 Å². The summed E-state index contributed by atoms with van der Waals surface area (Å²) in [4.78, 5) is 14.0. The summed E-state index contributed by atoms with van der Waals surface area (Å²) in [5.74, 6) is 2.65. The molecular formula is C22H30N4O3S. The van der Waals surface area contributed by atoms with Gasteiger partial charge in [-0.2, -0.15) is 9.50 Å². The standard InChI is InChI=1S/C22H30N4O3S/c1-25-22(27)13-12-20(23-25)17-8-10-19(11-9-17)29-15-3-2-5-18-6-4-7-21-24-30(28)16-14-26(18)21/h8-11,18H,2-7,12-16H2,1H3. The first-order chi connectivity index (χ1) is 14.6. The molecule has 0 bridgehead atoms.